The van der Waals surface area contributed by atoms with Gasteiger partial charge in [-0.15, -0.1) is 0 Å². The number of likely N-dealkylation sites (N-methyl/N-ethyl adjacent to an activating group) is 1. The monoisotopic (exact) mass is 369 g/mol. The fraction of sp³-hybridized carbons (Fsp3) is 0.381. The van der Waals surface area contributed by atoms with Crippen LogP contribution in [0, 0.1) is 18.2 Å². The Kier molecular flexibility index (Phi) is 4.76. The summed E-state index contributed by atoms with van der Waals surface area (Å²) in [5, 5.41) is 0. The first-order chi connectivity index (χ1) is 12.6. The molecule has 0 N–H and O–H groups in total. The number of carbonyl (C=O) groups is 2. The molecule has 0 aromatic heterocycles. The van der Waals surface area contributed by atoms with Crippen LogP contribution in [0.1, 0.15) is 29.8 Å². The fourth-order valence-electron chi connectivity index (χ4n) is 3.48. The van der Waals surface area contributed by atoms with Crippen LogP contribution in [0.3, 0.4) is 0 Å². The van der Waals surface area contributed by atoms with Crippen molar-refractivity contribution in [3.63, 3.8) is 0 Å². The highest BCUT2D eigenvalue weighted by Crippen LogP contribution is 2.38. The first-order valence-electron chi connectivity index (χ1n) is 8.86. The second-order valence-corrected chi connectivity index (χ2v) is 7.89. The highest BCUT2D eigenvalue weighted by atomic mass is 19.1. The van der Waals surface area contributed by atoms with Crippen molar-refractivity contribution in [3.8, 4) is 0 Å². The highest BCUT2D eigenvalue weighted by Gasteiger charge is 2.37. The second kappa shape index (κ2) is 6.76. The zero-order valence-electron chi connectivity index (χ0n) is 16.3. The van der Waals surface area contributed by atoms with Crippen molar-refractivity contribution < 1.29 is 14.0 Å². The number of amides is 2. The van der Waals surface area contributed by atoms with Crippen LogP contribution in [0.4, 0.5) is 4.39 Å². The summed E-state index contributed by atoms with van der Waals surface area (Å²) in [6.07, 6.45) is 3.34. The Morgan fingerprint density at radius 1 is 1.26 bits per heavy atom. The Morgan fingerprint density at radius 2 is 1.96 bits per heavy atom. The van der Waals surface area contributed by atoms with Crippen LogP contribution in [0.5, 0.6) is 0 Å². The largest absolute Gasteiger partial charge is 0.345 e. The molecule has 0 saturated carbocycles. The fourth-order valence-corrected chi connectivity index (χ4v) is 3.48. The normalized spacial score (nSPS) is 18.1. The molecule has 27 heavy (non-hydrogen) atoms. The standard InChI is InChI=1S/C21H24FN3O2/c1-13-8-14(6-7-18(13)22)19(26)25-11-16(20(27)24(4)5)15-9-23-10-17(15)21(2,3)12-25/h6-9,11H,10,12H2,1-5H3. The third-order valence-electron chi connectivity index (χ3n) is 5.05. The van der Waals surface area contributed by atoms with Crippen molar-refractivity contribution in [3.05, 3.63) is 58.1 Å². The Bertz CT molecular complexity index is 910. The van der Waals surface area contributed by atoms with Crippen molar-refractivity contribution in [2.45, 2.75) is 20.8 Å². The molecule has 5 nitrogen and oxygen atoms in total. The number of hydrogen-bond donors (Lipinski definition) is 0. The maximum atomic E-state index is 13.6. The molecule has 1 aromatic rings. The van der Waals surface area contributed by atoms with Gasteiger partial charge in [0.1, 0.15) is 5.82 Å². The van der Waals surface area contributed by atoms with E-state index in [4.69, 9.17) is 0 Å². The minimum absolute atomic E-state index is 0.179. The number of aryl methyl sites for hydroxylation is 1. The minimum Gasteiger partial charge on any atom is -0.345 e. The van der Waals surface area contributed by atoms with Gasteiger partial charge in [0.05, 0.1) is 12.1 Å². The number of rotatable bonds is 2. The topological polar surface area (TPSA) is 53.0 Å². The van der Waals surface area contributed by atoms with Crippen LogP contribution in [0.2, 0.25) is 0 Å². The highest BCUT2D eigenvalue weighted by molar-refractivity contribution is 6.08. The van der Waals surface area contributed by atoms with E-state index in [-0.39, 0.29) is 23.0 Å². The van der Waals surface area contributed by atoms with Crippen LogP contribution in [0.15, 0.2) is 46.1 Å². The molecule has 0 saturated heterocycles. The molecule has 2 heterocycles. The maximum Gasteiger partial charge on any atom is 0.257 e. The molecule has 1 aromatic carbocycles. The van der Waals surface area contributed by atoms with Gasteiger partial charge in [-0.1, -0.05) is 13.8 Å². The Balaban J connectivity index is 2.08. The van der Waals surface area contributed by atoms with Gasteiger partial charge in [-0.05, 0) is 36.3 Å². The van der Waals surface area contributed by atoms with Gasteiger partial charge in [0, 0.05) is 49.6 Å². The zero-order chi connectivity index (χ0) is 19.9. The van der Waals surface area contributed by atoms with Crippen LogP contribution in [-0.2, 0) is 4.79 Å². The molecule has 0 fully saturated rings. The average Bonchev–Trinajstić information content (AvgIpc) is 3.06. The van der Waals surface area contributed by atoms with Gasteiger partial charge in [0.25, 0.3) is 11.8 Å². The zero-order valence-corrected chi connectivity index (χ0v) is 16.3. The smallest absolute Gasteiger partial charge is 0.257 e. The number of benzene rings is 1. The molecule has 0 spiro atoms. The second-order valence-electron chi connectivity index (χ2n) is 7.89. The Hall–Kier alpha value is -2.76. The Labute approximate surface area is 158 Å². The lowest BCUT2D eigenvalue weighted by Gasteiger charge is -2.30. The lowest BCUT2D eigenvalue weighted by atomic mass is 9.81. The van der Waals surface area contributed by atoms with Crippen LogP contribution in [-0.4, -0.2) is 55.0 Å². The van der Waals surface area contributed by atoms with E-state index >= 15 is 0 Å². The summed E-state index contributed by atoms with van der Waals surface area (Å²) < 4.78 is 13.6. The quantitative estimate of drug-likeness (QED) is 0.805. The predicted molar refractivity (Wildman–Crippen MR) is 103 cm³/mol. The van der Waals surface area contributed by atoms with E-state index in [0.29, 0.717) is 29.8 Å². The summed E-state index contributed by atoms with van der Waals surface area (Å²) >= 11 is 0. The van der Waals surface area contributed by atoms with Gasteiger partial charge < -0.3 is 9.80 Å². The average molecular weight is 369 g/mol. The molecular formula is C21H24FN3O2. The third-order valence-corrected chi connectivity index (χ3v) is 5.05. The number of hydrogen-bond acceptors (Lipinski definition) is 3. The molecule has 0 radical (unpaired) electrons. The van der Waals surface area contributed by atoms with Crippen molar-refractivity contribution in [2.75, 3.05) is 27.2 Å². The molecule has 0 atom stereocenters. The van der Waals surface area contributed by atoms with Crippen molar-refractivity contribution in [1.82, 2.24) is 9.80 Å². The molecule has 0 bridgehead atoms. The molecule has 6 heteroatoms. The first-order valence-corrected chi connectivity index (χ1v) is 8.86. The number of halogens is 1. The van der Waals surface area contributed by atoms with Gasteiger partial charge in [-0.25, -0.2) is 4.39 Å². The molecule has 0 aliphatic carbocycles. The van der Waals surface area contributed by atoms with E-state index < -0.39 is 0 Å². The molecule has 2 aliphatic rings. The van der Waals surface area contributed by atoms with E-state index in [1.54, 1.807) is 44.4 Å². The lowest BCUT2D eigenvalue weighted by Crippen LogP contribution is -2.36. The molecule has 0 unspecified atom stereocenters. The van der Waals surface area contributed by atoms with Crippen LogP contribution >= 0.6 is 0 Å². The van der Waals surface area contributed by atoms with Crippen LogP contribution < -0.4 is 0 Å². The summed E-state index contributed by atoms with van der Waals surface area (Å²) in [5.41, 5.74) is 2.76. The SMILES string of the molecule is Cc1cc(C(=O)N2C=C(C(=O)N(C)C)C3=C(CN=C3)C(C)(C)C2)ccc1F. The maximum absolute atomic E-state index is 13.6. The predicted octanol–water partition coefficient (Wildman–Crippen LogP) is 2.97. The molecule has 2 amide bonds. The van der Waals surface area contributed by atoms with E-state index in [2.05, 4.69) is 4.99 Å². The van der Waals surface area contributed by atoms with Gasteiger partial charge in [-0.3, -0.25) is 14.6 Å². The summed E-state index contributed by atoms with van der Waals surface area (Å²) in [5.74, 6) is -0.784. The summed E-state index contributed by atoms with van der Waals surface area (Å²) in [6, 6.07) is 4.32. The number of carbonyl (C=O) groups excluding carboxylic acids is 2. The van der Waals surface area contributed by atoms with Gasteiger partial charge >= 0.3 is 0 Å². The van der Waals surface area contributed by atoms with Gasteiger partial charge in [0.15, 0.2) is 0 Å². The van der Waals surface area contributed by atoms with E-state index in [0.717, 1.165) is 11.1 Å². The molecule has 2 aliphatic heterocycles. The Morgan fingerprint density at radius 3 is 2.59 bits per heavy atom. The number of aliphatic imine (C=N–C) groups is 1. The van der Waals surface area contributed by atoms with Crippen molar-refractivity contribution in [2.24, 2.45) is 10.4 Å². The number of nitrogens with zero attached hydrogens (tertiary/aromatic N) is 3. The molecule has 3 rings (SSSR count). The van der Waals surface area contributed by atoms with Crippen molar-refractivity contribution >= 4 is 18.0 Å². The minimum atomic E-state index is -0.349. The summed E-state index contributed by atoms with van der Waals surface area (Å²) in [7, 11) is 3.36. The first kappa shape index (κ1) is 19.0. The third kappa shape index (κ3) is 3.44. The lowest BCUT2D eigenvalue weighted by molar-refractivity contribution is -0.124. The molecule has 142 valence electrons. The molecular weight excluding hydrogens is 345 g/mol. The summed E-state index contributed by atoms with van der Waals surface area (Å²) in [4.78, 5) is 33.3. The van der Waals surface area contributed by atoms with Gasteiger partial charge in [-0.2, -0.15) is 0 Å². The van der Waals surface area contributed by atoms with E-state index in [9.17, 15) is 14.0 Å². The van der Waals surface area contributed by atoms with E-state index in [1.807, 2.05) is 13.8 Å². The van der Waals surface area contributed by atoms with Crippen molar-refractivity contribution in [1.29, 1.82) is 0 Å². The van der Waals surface area contributed by atoms with E-state index in [1.165, 1.54) is 17.0 Å². The summed E-state index contributed by atoms with van der Waals surface area (Å²) in [6.45, 7) is 6.66. The van der Waals surface area contributed by atoms with Gasteiger partial charge in [0.2, 0.25) is 0 Å². The van der Waals surface area contributed by atoms with Crippen LogP contribution in [0.25, 0.3) is 0 Å².